The largest absolute Gasteiger partial charge is 0.462 e. The molecule has 0 aromatic heterocycles. The van der Waals surface area contributed by atoms with Crippen LogP contribution in [0.15, 0.2) is 12.2 Å². The Balaban J connectivity index is 2.47. The Hall–Kier alpha value is -1.08. The van der Waals surface area contributed by atoms with Crippen LogP contribution in [0.25, 0.3) is 0 Å². The van der Waals surface area contributed by atoms with E-state index in [1.165, 1.54) is 0 Å². The molecule has 7 heteroatoms. The van der Waals surface area contributed by atoms with Crippen molar-refractivity contribution in [3.8, 4) is 0 Å². The molecule has 0 radical (unpaired) electrons. The van der Waals surface area contributed by atoms with E-state index in [0.717, 1.165) is 0 Å². The highest BCUT2D eigenvalue weighted by atomic mass is 19.4. The molecule has 0 aromatic carbocycles. The van der Waals surface area contributed by atoms with Crippen LogP contribution < -0.4 is 0 Å². The van der Waals surface area contributed by atoms with Crippen LogP contribution in [-0.2, 0) is 14.3 Å². The smallest absolute Gasteiger partial charge is 0.419 e. The number of rotatable bonds is 6. The second-order valence-corrected chi connectivity index (χ2v) is 6.50. The number of hydrogen-bond donors (Lipinski definition) is 1. The number of aliphatic hydroxyl groups is 1. The van der Waals surface area contributed by atoms with E-state index >= 15 is 0 Å². The average Bonchev–Trinajstić information content (AvgIpc) is 2.75. The lowest BCUT2D eigenvalue weighted by Crippen LogP contribution is -2.48. The molecule has 1 aliphatic rings. The lowest BCUT2D eigenvalue weighted by atomic mass is 10.0. The van der Waals surface area contributed by atoms with Crippen molar-refractivity contribution in [1.82, 2.24) is 0 Å². The van der Waals surface area contributed by atoms with Gasteiger partial charge in [0.25, 0.3) is 0 Å². The maximum atomic E-state index is 12.6. The van der Waals surface area contributed by atoms with E-state index < -0.39 is 30.0 Å². The minimum atomic E-state index is -4.74. The maximum Gasteiger partial charge on any atom is 0.419 e. The lowest BCUT2D eigenvalue weighted by Gasteiger charge is -2.32. The normalized spacial score (nSPS) is 28.2. The molecule has 0 saturated heterocycles. The van der Waals surface area contributed by atoms with Crippen LogP contribution in [-0.4, -0.2) is 41.7 Å². The first kappa shape index (κ1) is 19.0. The minimum absolute atomic E-state index is 0.0316. The van der Waals surface area contributed by atoms with Gasteiger partial charge in [0, 0.05) is 5.57 Å². The molecule has 3 atom stereocenters. The Kier molecular flexibility index (Phi) is 5.67. The van der Waals surface area contributed by atoms with Crippen LogP contribution >= 0.6 is 0 Å². The molecule has 1 saturated carbocycles. The summed E-state index contributed by atoms with van der Waals surface area (Å²) < 4.78 is 48.2. The first-order valence-electron chi connectivity index (χ1n) is 7.12. The zero-order valence-corrected chi connectivity index (χ0v) is 13.1. The second-order valence-electron chi connectivity index (χ2n) is 6.50. The van der Waals surface area contributed by atoms with E-state index in [9.17, 15) is 23.1 Å². The van der Waals surface area contributed by atoms with Crippen LogP contribution in [0.5, 0.6) is 0 Å². The molecule has 1 rings (SSSR count). The maximum absolute atomic E-state index is 12.6. The Bertz CT molecular complexity index is 431. The number of ether oxygens (including phenoxy) is 2. The van der Waals surface area contributed by atoms with E-state index in [1.54, 1.807) is 13.8 Å². The minimum Gasteiger partial charge on any atom is -0.462 e. The predicted octanol–water partition coefficient (Wildman–Crippen LogP) is 2.99. The quantitative estimate of drug-likeness (QED) is 0.603. The molecule has 4 nitrogen and oxygen atoms in total. The van der Waals surface area contributed by atoms with Gasteiger partial charge in [-0.1, -0.05) is 6.58 Å². The van der Waals surface area contributed by atoms with Crippen molar-refractivity contribution in [2.75, 3.05) is 13.2 Å². The highest BCUT2D eigenvalue weighted by molar-refractivity contribution is 5.86. The molecule has 0 heterocycles. The number of hydrogen-bond acceptors (Lipinski definition) is 4. The molecule has 0 aromatic rings. The van der Waals surface area contributed by atoms with Crippen molar-refractivity contribution < 1.29 is 32.5 Å². The van der Waals surface area contributed by atoms with Crippen LogP contribution in [0.4, 0.5) is 13.2 Å². The Morgan fingerprint density at radius 1 is 1.45 bits per heavy atom. The van der Waals surface area contributed by atoms with Gasteiger partial charge in [0.1, 0.15) is 0 Å². The summed E-state index contributed by atoms with van der Waals surface area (Å²) in [7, 11) is 0. The summed E-state index contributed by atoms with van der Waals surface area (Å²) in [5.74, 6) is -0.446. The van der Waals surface area contributed by atoms with Gasteiger partial charge in [-0.3, -0.25) is 0 Å². The van der Waals surface area contributed by atoms with Crippen molar-refractivity contribution >= 4 is 5.97 Å². The van der Waals surface area contributed by atoms with Gasteiger partial charge in [0.05, 0.1) is 18.8 Å². The molecule has 3 unspecified atom stereocenters. The van der Waals surface area contributed by atoms with Gasteiger partial charge >= 0.3 is 12.1 Å². The van der Waals surface area contributed by atoms with Crippen LogP contribution in [0, 0.1) is 5.92 Å². The van der Waals surface area contributed by atoms with E-state index in [4.69, 9.17) is 9.47 Å². The Morgan fingerprint density at radius 3 is 2.55 bits per heavy atom. The van der Waals surface area contributed by atoms with E-state index in [2.05, 4.69) is 6.58 Å². The van der Waals surface area contributed by atoms with E-state index in [-0.39, 0.29) is 12.5 Å². The summed E-state index contributed by atoms with van der Waals surface area (Å²) in [5, 5.41) is 9.40. The fraction of sp³-hybridized carbons (Fsp3) is 0.800. The topological polar surface area (TPSA) is 55.8 Å². The van der Waals surface area contributed by atoms with Crippen molar-refractivity contribution in [2.24, 2.45) is 5.92 Å². The SMILES string of the molecule is C=C(C)C(=O)OCC1CCC(C)(OCC(C)(O)C(F)(F)F)C1. The highest BCUT2D eigenvalue weighted by Gasteiger charge is 2.51. The Labute approximate surface area is 128 Å². The van der Waals surface area contributed by atoms with Crippen LogP contribution in [0.1, 0.15) is 40.0 Å². The van der Waals surface area contributed by atoms with Gasteiger partial charge in [-0.25, -0.2) is 4.79 Å². The second kappa shape index (κ2) is 6.58. The summed E-state index contributed by atoms with van der Waals surface area (Å²) >= 11 is 0. The van der Waals surface area contributed by atoms with Gasteiger partial charge in [-0.2, -0.15) is 13.2 Å². The average molecular weight is 324 g/mol. The predicted molar refractivity (Wildman–Crippen MR) is 74.1 cm³/mol. The van der Waals surface area contributed by atoms with Gasteiger partial charge in [0.2, 0.25) is 0 Å². The monoisotopic (exact) mass is 324 g/mol. The molecule has 22 heavy (non-hydrogen) atoms. The number of carbonyl (C=O) groups is 1. The van der Waals surface area contributed by atoms with Crippen molar-refractivity contribution in [3.63, 3.8) is 0 Å². The zero-order valence-electron chi connectivity index (χ0n) is 13.1. The highest BCUT2D eigenvalue weighted by Crippen LogP contribution is 2.39. The van der Waals surface area contributed by atoms with Crippen LogP contribution in [0.3, 0.4) is 0 Å². The van der Waals surface area contributed by atoms with Gasteiger partial charge in [-0.15, -0.1) is 0 Å². The van der Waals surface area contributed by atoms with Crippen LogP contribution in [0.2, 0.25) is 0 Å². The summed E-state index contributed by atoms with van der Waals surface area (Å²) in [6.45, 7) is 6.80. The van der Waals surface area contributed by atoms with E-state index in [1.807, 2.05) is 0 Å². The first-order valence-corrected chi connectivity index (χ1v) is 7.12. The molecule has 0 amide bonds. The molecular formula is C15H23F3O4. The zero-order chi connectivity index (χ0) is 17.2. The molecule has 1 fully saturated rings. The summed E-state index contributed by atoms with van der Waals surface area (Å²) in [5.41, 5.74) is -3.32. The fourth-order valence-corrected chi connectivity index (χ4v) is 2.31. The third-order valence-corrected chi connectivity index (χ3v) is 3.91. The molecule has 128 valence electrons. The Morgan fingerprint density at radius 2 is 2.05 bits per heavy atom. The number of esters is 1. The van der Waals surface area contributed by atoms with Gasteiger partial charge in [0.15, 0.2) is 5.60 Å². The number of halogens is 3. The third-order valence-electron chi connectivity index (χ3n) is 3.91. The van der Waals surface area contributed by atoms with Gasteiger partial charge < -0.3 is 14.6 Å². The van der Waals surface area contributed by atoms with Crippen molar-refractivity contribution in [3.05, 3.63) is 12.2 Å². The number of alkyl halides is 3. The standard InChI is InChI=1S/C15H23F3O4/c1-10(2)12(19)21-8-11-5-6-13(3,7-11)22-9-14(4,20)15(16,17)18/h11,20H,1,5-9H2,2-4H3. The van der Waals surface area contributed by atoms with Gasteiger partial charge in [-0.05, 0) is 46.0 Å². The summed E-state index contributed by atoms with van der Waals surface area (Å²) in [4.78, 5) is 11.3. The van der Waals surface area contributed by atoms with E-state index in [0.29, 0.717) is 31.8 Å². The molecular weight excluding hydrogens is 301 g/mol. The molecule has 0 bridgehead atoms. The molecule has 1 N–H and O–H groups in total. The summed E-state index contributed by atoms with van der Waals surface area (Å²) in [6.07, 6.45) is -3.02. The lowest BCUT2D eigenvalue weighted by molar-refractivity contribution is -0.276. The number of carbonyl (C=O) groups excluding carboxylic acids is 1. The van der Waals surface area contributed by atoms with Crippen molar-refractivity contribution in [1.29, 1.82) is 0 Å². The molecule has 1 aliphatic carbocycles. The molecule has 0 spiro atoms. The summed E-state index contributed by atoms with van der Waals surface area (Å²) in [6, 6.07) is 0. The first-order chi connectivity index (χ1) is 9.86. The van der Waals surface area contributed by atoms with Crippen molar-refractivity contribution in [2.45, 2.75) is 57.4 Å². The fourth-order valence-electron chi connectivity index (χ4n) is 2.31. The molecule has 0 aliphatic heterocycles. The third kappa shape index (κ3) is 4.98.